The number of carbonyl (C=O) groups excluding carboxylic acids is 3. The number of imidazole rings is 1. The molecule has 0 saturated carbocycles. The highest BCUT2D eigenvalue weighted by atomic mass is 16.6. The summed E-state index contributed by atoms with van der Waals surface area (Å²) in [6.07, 6.45) is -2.50. The summed E-state index contributed by atoms with van der Waals surface area (Å²) in [5.41, 5.74) is -1.51. The Labute approximate surface area is 162 Å². The Morgan fingerprint density at radius 1 is 1.21 bits per heavy atom. The normalized spacial score (nSPS) is 21.1. The van der Waals surface area contributed by atoms with E-state index in [2.05, 4.69) is 20.3 Å². The van der Waals surface area contributed by atoms with Gasteiger partial charge in [-0.25, -0.2) is 9.36 Å². The number of aromatic amines is 2. The molecule has 2 aromatic heterocycles. The van der Waals surface area contributed by atoms with Crippen LogP contribution in [-0.4, -0.2) is 56.2 Å². The van der Waals surface area contributed by atoms with E-state index in [1.54, 1.807) is 0 Å². The molecule has 1 aliphatic rings. The zero-order chi connectivity index (χ0) is 21.3. The summed E-state index contributed by atoms with van der Waals surface area (Å²) in [6.45, 7) is 3.48. The Kier molecular flexibility index (Phi) is 5.50. The predicted molar refractivity (Wildman–Crippen MR) is 96.0 cm³/mol. The molecule has 0 radical (unpaired) electrons. The average molecular weight is 409 g/mol. The van der Waals surface area contributed by atoms with Crippen molar-refractivity contribution in [2.75, 3.05) is 11.9 Å². The number of rotatable bonds is 5. The number of hydrogen-bond donors (Lipinski definition) is 3. The van der Waals surface area contributed by atoms with Gasteiger partial charge in [0.25, 0.3) is 5.56 Å². The zero-order valence-corrected chi connectivity index (χ0v) is 15.8. The number of esters is 2. The van der Waals surface area contributed by atoms with Crippen LogP contribution in [0.25, 0.3) is 11.2 Å². The smallest absolute Gasteiger partial charge is 0.329 e. The Bertz CT molecular complexity index is 1080. The highest BCUT2D eigenvalue weighted by Crippen LogP contribution is 2.31. The average Bonchev–Trinajstić information content (AvgIpc) is 3.12. The minimum atomic E-state index is -0.958. The van der Waals surface area contributed by atoms with Crippen LogP contribution in [0.1, 0.15) is 33.4 Å². The number of nitrogens with one attached hydrogen (secondary N) is 3. The summed E-state index contributed by atoms with van der Waals surface area (Å²) in [4.78, 5) is 67.3. The van der Waals surface area contributed by atoms with E-state index in [1.807, 2.05) is 0 Å². The van der Waals surface area contributed by atoms with Crippen molar-refractivity contribution in [3.63, 3.8) is 0 Å². The molecule has 13 heteroatoms. The van der Waals surface area contributed by atoms with Gasteiger partial charge in [-0.2, -0.15) is 4.98 Å². The summed E-state index contributed by atoms with van der Waals surface area (Å²) in [5.74, 6) is -1.73. The molecular weight excluding hydrogens is 390 g/mol. The molecule has 1 saturated heterocycles. The Morgan fingerprint density at radius 3 is 2.55 bits per heavy atom. The summed E-state index contributed by atoms with van der Waals surface area (Å²) in [7, 11) is 0. The van der Waals surface area contributed by atoms with Crippen molar-refractivity contribution in [2.24, 2.45) is 0 Å². The number of amides is 1. The van der Waals surface area contributed by atoms with Gasteiger partial charge in [-0.3, -0.25) is 34.5 Å². The van der Waals surface area contributed by atoms with Gasteiger partial charge >= 0.3 is 17.6 Å². The number of fused-ring (bicyclic) bond motifs is 1. The van der Waals surface area contributed by atoms with Crippen molar-refractivity contribution in [3.05, 3.63) is 20.8 Å². The summed E-state index contributed by atoms with van der Waals surface area (Å²) >= 11 is 0. The molecule has 1 aliphatic heterocycles. The minimum absolute atomic E-state index is 0.0535. The van der Waals surface area contributed by atoms with Gasteiger partial charge < -0.3 is 14.2 Å². The third kappa shape index (κ3) is 4.34. The van der Waals surface area contributed by atoms with Crippen LogP contribution in [0.3, 0.4) is 0 Å². The molecule has 3 atom stereocenters. The van der Waals surface area contributed by atoms with Crippen LogP contribution in [0.4, 0.5) is 5.95 Å². The Balaban J connectivity index is 1.99. The first-order valence-corrected chi connectivity index (χ1v) is 8.64. The molecule has 0 aromatic carbocycles. The van der Waals surface area contributed by atoms with Crippen molar-refractivity contribution in [1.82, 2.24) is 19.5 Å². The van der Waals surface area contributed by atoms with Crippen molar-refractivity contribution < 1.29 is 28.6 Å². The highest BCUT2D eigenvalue weighted by Gasteiger charge is 2.40. The standard InChI is InChI=1S/C16H19N5O8/c1-6(22)17-15-19-13-12(14(25)20-15)18-16(26)21(13)11-4-9(28-8(3)24)10(29-11)5-27-7(2)23/h9-11H,4-5H2,1-3H3,(H,18,26)(H2,17,19,20,22,25)/t9-,10+,11+/m0/s1. The molecule has 3 N–H and O–H groups in total. The Hall–Kier alpha value is -3.48. The highest BCUT2D eigenvalue weighted by molar-refractivity contribution is 5.87. The van der Waals surface area contributed by atoms with E-state index < -0.39 is 47.5 Å². The van der Waals surface area contributed by atoms with E-state index in [0.717, 1.165) is 4.57 Å². The fourth-order valence-electron chi connectivity index (χ4n) is 3.05. The van der Waals surface area contributed by atoms with E-state index in [0.29, 0.717) is 0 Å². The lowest BCUT2D eigenvalue weighted by molar-refractivity contribution is -0.155. The quantitative estimate of drug-likeness (QED) is 0.531. The number of aromatic nitrogens is 4. The molecular formula is C16H19N5O8. The monoisotopic (exact) mass is 409 g/mol. The number of H-pyrrole nitrogens is 2. The van der Waals surface area contributed by atoms with E-state index >= 15 is 0 Å². The number of carbonyl (C=O) groups is 3. The molecule has 0 unspecified atom stereocenters. The minimum Gasteiger partial charge on any atom is -0.463 e. The molecule has 156 valence electrons. The van der Waals surface area contributed by atoms with Gasteiger partial charge in [0.05, 0.1) is 0 Å². The molecule has 0 aliphatic carbocycles. The van der Waals surface area contributed by atoms with Crippen molar-refractivity contribution >= 4 is 35.0 Å². The first kappa shape index (κ1) is 20.3. The molecule has 1 amide bonds. The summed E-state index contributed by atoms with van der Waals surface area (Å²) < 4.78 is 17.0. The first-order valence-electron chi connectivity index (χ1n) is 8.64. The van der Waals surface area contributed by atoms with Crippen molar-refractivity contribution in [1.29, 1.82) is 0 Å². The fraction of sp³-hybridized carbons (Fsp3) is 0.500. The molecule has 13 nitrogen and oxygen atoms in total. The molecule has 3 rings (SSSR count). The first-order chi connectivity index (χ1) is 13.7. The lowest BCUT2D eigenvalue weighted by atomic mass is 10.2. The number of ether oxygens (including phenoxy) is 3. The topological polar surface area (TPSA) is 174 Å². The summed E-state index contributed by atoms with van der Waals surface area (Å²) in [6, 6.07) is 0. The van der Waals surface area contributed by atoms with E-state index in [4.69, 9.17) is 14.2 Å². The third-order valence-corrected chi connectivity index (χ3v) is 4.11. The second kappa shape index (κ2) is 7.87. The van der Waals surface area contributed by atoms with E-state index in [9.17, 15) is 24.0 Å². The maximum Gasteiger partial charge on any atom is 0.329 e. The number of nitrogens with zero attached hydrogens (tertiary/aromatic N) is 2. The van der Waals surface area contributed by atoms with Gasteiger partial charge in [0.1, 0.15) is 25.0 Å². The van der Waals surface area contributed by atoms with Crippen molar-refractivity contribution in [3.8, 4) is 0 Å². The van der Waals surface area contributed by atoms with Gasteiger partial charge in [0, 0.05) is 27.2 Å². The van der Waals surface area contributed by atoms with E-state index in [-0.39, 0.29) is 30.1 Å². The maximum absolute atomic E-state index is 12.5. The number of hydrogen-bond acceptors (Lipinski definition) is 9. The van der Waals surface area contributed by atoms with Gasteiger partial charge in [-0.1, -0.05) is 0 Å². The molecule has 3 heterocycles. The van der Waals surface area contributed by atoms with Gasteiger partial charge in [0.2, 0.25) is 11.9 Å². The third-order valence-electron chi connectivity index (χ3n) is 4.11. The second-order valence-electron chi connectivity index (χ2n) is 6.41. The van der Waals surface area contributed by atoms with Crippen LogP contribution in [-0.2, 0) is 28.6 Å². The van der Waals surface area contributed by atoms with Crippen molar-refractivity contribution in [2.45, 2.75) is 45.6 Å². The Morgan fingerprint density at radius 2 is 1.93 bits per heavy atom. The molecule has 1 fully saturated rings. The van der Waals surface area contributed by atoms with Crippen LogP contribution >= 0.6 is 0 Å². The van der Waals surface area contributed by atoms with Crippen LogP contribution < -0.4 is 16.6 Å². The molecule has 0 spiro atoms. The second-order valence-corrected chi connectivity index (χ2v) is 6.41. The van der Waals surface area contributed by atoms with Gasteiger partial charge in [-0.05, 0) is 0 Å². The molecule has 29 heavy (non-hydrogen) atoms. The van der Waals surface area contributed by atoms with Gasteiger partial charge in [0.15, 0.2) is 11.2 Å². The SMILES string of the molecule is CC(=O)Nc1nc2c([nH]c(=O)n2[C@H]2C[C@H](OC(C)=O)[C@@H](COC(C)=O)O2)c(=O)[nH]1. The number of anilines is 1. The lowest BCUT2D eigenvalue weighted by Crippen LogP contribution is -2.31. The maximum atomic E-state index is 12.5. The van der Waals surface area contributed by atoms with E-state index in [1.165, 1.54) is 20.8 Å². The molecule has 0 bridgehead atoms. The summed E-state index contributed by atoms with van der Waals surface area (Å²) in [5, 5.41) is 2.34. The largest absolute Gasteiger partial charge is 0.463 e. The lowest BCUT2D eigenvalue weighted by Gasteiger charge is -2.17. The fourth-order valence-corrected chi connectivity index (χ4v) is 3.05. The predicted octanol–water partition coefficient (Wildman–Crippen LogP) is -0.846. The van der Waals surface area contributed by atoms with Crippen LogP contribution in [0, 0.1) is 0 Å². The van der Waals surface area contributed by atoms with Crippen LogP contribution in [0.5, 0.6) is 0 Å². The van der Waals surface area contributed by atoms with Gasteiger partial charge in [-0.15, -0.1) is 0 Å². The zero-order valence-electron chi connectivity index (χ0n) is 15.8. The van der Waals surface area contributed by atoms with Crippen LogP contribution in [0.2, 0.25) is 0 Å². The molecule has 2 aromatic rings. The van der Waals surface area contributed by atoms with Crippen LogP contribution in [0.15, 0.2) is 9.59 Å².